The fraction of sp³-hybridized carbons (Fsp3) is 0.533. The molecule has 2 saturated heterocycles. The van der Waals surface area contributed by atoms with E-state index in [0.717, 1.165) is 43.9 Å². The first kappa shape index (κ1) is 13.9. The van der Waals surface area contributed by atoms with E-state index in [1.54, 1.807) is 12.1 Å². The molecule has 0 unspecified atom stereocenters. The summed E-state index contributed by atoms with van der Waals surface area (Å²) in [4.78, 5) is 14.1. The highest BCUT2D eigenvalue weighted by atomic mass is 32.2. The molecule has 3 rings (SSSR count). The summed E-state index contributed by atoms with van der Waals surface area (Å²) in [6, 6.07) is 6.15. The van der Waals surface area contributed by atoms with Crippen molar-refractivity contribution < 1.29 is 13.9 Å². The molecule has 0 saturated carbocycles. The van der Waals surface area contributed by atoms with Gasteiger partial charge in [-0.3, -0.25) is 4.79 Å². The number of benzene rings is 1. The van der Waals surface area contributed by atoms with Gasteiger partial charge in [-0.2, -0.15) is 0 Å². The molecular weight excluding hydrogens is 277 g/mol. The summed E-state index contributed by atoms with van der Waals surface area (Å²) in [6.07, 6.45) is 2.17. The molecule has 0 atom stereocenters. The predicted octanol–water partition coefficient (Wildman–Crippen LogP) is 2.45. The van der Waals surface area contributed by atoms with E-state index in [1.165, 1.54) is 12.1 Å². The molecule has 0 aliphatic carbocycles. The topological polar surface area (TPSA) is 29.5 Å². The molecule has 1 aromatic carbocycles. The maximum Gasteiger partial charge on any atom is 0.226 e. The van der Waals surface area contributed by atoms with Crippen molar-refractivity contribution in [3.8, 4) is 0 Å². The van der Waals surface area contributed by atoms with Gasteiger partial charge in [0.05, 0.1) is 13.0 Å². The van der Waals surface area contributed by atoms with Crippen molar-refractivity contribution in [1.29, 1.82) is 0 Å². The van der Waals surface area contributed by atoms with Crippen LogP contribution in [0.15, 0.2) is 24.3 Å². The van der Waals surface area contributed by atoms with Gasteiger partial charge in [-0.1, -0.05) is 12.1 Å². The van der Waals surface area contributed by atoms with Crippen LogP contribution < -0.4 is 0 Å². The molecule has 1 amide bonds. The second-order valence-corrected chi connectivity index (χ2v) is 6.73. The maximum atomic E-state index is 12.8. The number of ether oxygens (including phenoxy) is 1. The lowest BCUT2D eigenvalue weighted by Gasteiger charge is -2.37. The zero-order valence-corrected chi connectivity index (χ0v) is 12.1. The van der Waals surface area contributed by atoms with Crippen molar-refractivity contribution in [2.45, 2.75) is 24.2 Å². The number of amides is 1. The molecule has 108 valence electrons. The smallest absolute Gasteiger partial charge is 0.226 e. The van der Waals surface area contributed by atoms with E-state index in [-0.39, 0.29) is 16.7 Å². The first-order valence-electron chi connectivity index (χ1n) is 6.97. The number of piperidine rings is 1. The zero-order chi connectivity index (χ0) is 14.0. The molecule has 2 aliphatic heterocycles. The van der Waals surface area contributed by atoms with Gasteiger partial charge in [0.2, 0.25) is 5.91 Å². The van der Waals surface area contributed by atoms with Gasteiger partial charge in [0, 0.05) is 31.7 Å². The second-order valence-electron chi connectivity index (χ2n) is 5.29. The fourth-order valence-electron chi connectivity index (χ4n) is 2.77. The Morgan fingerprint density at radius 3 is 2.60 bits per heavy atom. The number of thioether (sulfide) groups is 1. The number of carbonyl (C=O) groups excluding carboxylic acids is 1. The van der Waals surface area contributed by atoms with Crippen molar-refractivity contribution in [2.24, 2.45) is 0 Å². The Kier molecular flexibility index (Phi) is 3.98. The zero-order valence-electron chi connectivity index (χ0n) is 11.3. The Balaban J connectivity index is 1.55. The Bertz CT molecular complexity index is 475. The average molecular weight is 295 g/mol. The van der Waals surface area contributed by atoms with Gasteiger partial charge in [-0.05, 0) is 17.7 Å². The molecule has 2 fully saturated rings. The molecule has 5 heteroatoms. The van der Waals surface area contributed by atoms with Crippen molar-refractivity contribution in [3.63, 3.8) is 0 Å². The van der Waals surface area contributed by atoms with Gasteiger partial charge in [0.15, 0.2) is 0 Å². The third-order valence-corrected chi connectivity index (χ3v) is 5.38. The lowest BCUT2D eigenvalue weighted by molar-refractivity contribution is -0.133. The normalized spacial score (nSPS) is 21.4. The highest BCUT2D eigenvalue weighted by Crippen LogP contribution is 2.41. The van der Waals surface area contributed by atoms with Gasteiger partial charge < -0.3 is 9.64 Å². The van der Waals surface area contributed by atoms with Gasteiger partial charge in [0.25, 0.3) is 0 Å². The molecule has 1 aromatic rings. The van der Waals surface area contributed by atoms with Gasteiger partial charge in [-0.25, -0.2) is 4.39 Å². The van der Waals surface area contributed by atoms with Crippen LogP contribution in [0.5, 0.6) is 0 Å². The van der Waals surface area contributed by atoms with Crippen LogP contribution in [-0.4, -0.2) is 41.2 Å². The Morgan fingerprint density at radius 1 is 1.30 bits per heavy atom. The number of carbonyl (C=O) groups is 1. The molecule has 0 aromatic heterocycles. The Labute approximate surface area is 122 Å². The SMILES string of the molecule is O=C(Cc1ccc(F)cc1)N1CCC2(CC1)OCCS2. The Hall–Kier alpha value is -1.07. The van der Waals surface area contributed by atoms with Crippen LogP contribution in [0.2, 0.25) is 0 Å². The summed E-state index contributed by atoms with van der Waals surface area (Å²) in [7, 11) is 0. The van der Waals surface area contributed by atoms with Crippen LogP contribution in [0.25, 0.3) is 0 Å². The van der Waals surface area contributed by atoms with Gasteiger partial charge in [0.1, 0.15) is 10.8 Å². The van der Waals surface area contributed by atoms with Crippen molar-refractivity contribution in [2.75, 3.05) is 25.4 Å². The van der Waals surface area contributed by atoms with Crippen LogP contribution in [0.4, 0.5) is 4.39 Å². The quantitative estimate of drug-likeness (QED) is 0.839. The van der Waals surface area contributed by atoms with Crippen LogP contribution >= 0.6 is 11.8 Å². The van der Waals surface area contributed by atoms with E-state index >= 15 is 0 Å². The third-order valence-electron chi connectivity index (χ3n) is 3.96. The third kappa shape index (κ3) is 2.99. The minimum absolute atomic E-state index is 0.0351. The summed E-state index contributed by atoms with van der Waals surface area (Å²) >= 11 is 1.88. The summed E-state index contributed by atoms with van der Waals surface area (Å²) in [6.45, 7) is 2.34. The molecule has 20 heavy (non-hydrogen) atoms. The predicted molar refractivity (Wildman–Crippen MR) is 77.1 cm³/mol. The molecule has 2 heterocycles. The Morgan fingerprint density at radius 2 is 2.00 bits per heavy atom. The highest BCUT2D eigenvalue weighted by Gasteiger charge is 2.40. The maximum absolute atomic E-state index is 12.8. The minimum Gasteiger partial charge on any atom is -0.363 e. The van der Waals surface area contributed by atoms with Crippen LogP contribution in [0.1, 0.15) is 18.4 Å². The minimum atomic E-state index is -0.267. The number of rotatable bonds is 2. The molecular formula is C15H18FNO2S. The van der Waals surface area contributed by atoms with Crippen LogP contribution in [0, 0.1) is 5.82 Å². The largest absolute Gasteiger partial charge is 0.363 e. The number of likely N-dealkylation sites (tertiary alicyclic amines) is 1. The standard InChI is InChI=1S/C15H18FNO2S/c16-13-3-1-12(2-4-13)11-14(18)17-7-5-15(6-8-17)19-9-10-20-15/h1-4H,5-11H2. The van der Waals surface area contributed by atoms with E-state index in [9.17, 15) is 9.18 Å². The highest BCUT2D eigenvalue weighted by molar-refractivity contribution is 8.00. The van der Waals surface area contributed by atoms with Crippen molar-refractivity contribution >= 4 is 17.7 Å². The molecule has 3 nitrogen and oxygen atoms in total. The van der Waals surface area contributed by atoms with E-state index in [1.807, 2.05) is 16.7 Å². The van der Waals surface area contributed by atoms with Crippen LogP contribution in [-0.2, 0) is 16.0 Å². The van der Waals surface area contributed by atoms with E-state index in [0.29, 0.717) is 6.42 Å². The lowest BCUT2D eigenvalue weighted by Crippen LogP contribution is -2.45. The van der Waals surface area contributed by atoms with E-state index in [4.69, 9.17) is 4.74 Å². The molecule has 0 radical (unpaired) electrons. The molecule has 2 aliphatic rings. The fourth-order valence-corrected chi connectivity index (χ4v) is 3.95. The second kappa shape index (κ2) is 5.74. The molecule has 0 N–H and O–H groups in total. The van der Waals surface area contributed by atoms with Gasteiger partial charge >= 0.3 is 0 Å². The molecule has 0 bridgehead atoms. The summed E-state index contributed by atoms with van der Waals surface area (Å²) < 4.78 is 18.7. The van der Waals surface area contributed by atoms with E-state index < -0.39 is 0 Å². The number of halogens is 1. The number of hydrogen-bond donors (Lipinski definition) is 0. The van der Waals surface area contributed by atoms with Gasteiger partial charge in [-0.15, -0.1) is 11.8 Å². The monoisotopic (exact) mass is 295 g/mol. The van der Waals surface area contributed by atoms with E-state index in [2.05, 4.69) is 0 Å². The first-order valence-corrected chi connectivity index (χ1v) is 7.96. The summed E-state index contributed by atoms with van der Waals surface area (Å²) in [5, 5.41) is 0. The first-order chi connectivity index (χ1) is 9.67. The van der Waals surface area contributed by atoms with Crippen molar-refractivity contribution in [1.82, 2.24) is 4.90 Å². The lowest BCUT2D eigenvalue weighted by atomic mass is 10.1. The van der Waals surface area contributed by atoms with Crippen LogP contribution in [0.3, 0.4) is 0 Å². The average Bonchev–Trinajstić information content (AvgIpc) is 2.90. The van der Waals surface area contributed by atoms with Crippen molar-refractivity contribution in [3.05, 3.63) is 35.6 Å². The number of nitrogens with zero attached hydrogens (tertiary/aromatic N) is 1. The molecule has 1 spiro atoms. The summed E-state index contributed by atoms with van der Waals surface area (Å²) in [5.74, 6) is 0.912. The summed E-state index contributed by atoms with van der Waals surface area (Å²) in [5.41, 5.74) is 0.864. The number of hydrogen-bond acceptors (Lipinski definition) is 3.